The summed E-state index contributed by atoms with van der Waals surface area (Å²) >= 11 is 0. The summed E-state index contributed by atoms with van der Waals surface area (Å²) in [4.78, 5) is 37.8. The topological polar surface area (TPSA) is 99.1 Å². The molecule has 0 saturated heterocycles. The highest BCUT2D eigenvalue weighted by atomic mass is 79.9. The van der Waals surface area contributed by atoms with E-state index in [9.17, 15) is 19.5 Å². The molecule has 4 saturated carbocycles. The molecule has 252 valence electrons. The van der Waals surface area contributed by atoms with Gasteiger partial charge >= 0.3 is 17.9 Å². The second-order valence-corrected chi connectivity index (χ2v) is 16.7. The van der Waals surface area contributed by atoms with Crippen LogP contribution in [0.25, 0.3) is 0 Å². The molecule has 44 heavy (non-hydrogen) atoms. The summed E-state index contributed by atoms with van der Waals surface area (Å²) < 4.78 is 18.5. The van der Waals surface area contributed by atoms with Gasteiger partial charge in [-0.1, -0.05) is 13.8 Å². The molecule has 0 aromatic carbocycles. The lowest BCUT2D eigenvalue weighted by molar-refractivity contribution is -0.862. The maximum Gasteiger partial charge on any atom is 0.362 e. The first-order valence-electron chi connectivity index (χ1n) is 15.9. The first kappa shape index (κ1) is 37.4. The van der Waals surface area contributed by atoms with Crippen LogP contribution in [0.5, 0.6) is 0 Å². The van der Waals surface area contributed by atoms with Crippen LogP contribution in [0.2, 0.25) is 0 Å². The van der Waals surface area contributed by atoms with Crippen LogP contribution in [0.4, 0.5) is 0 Å². The highest BCUT2D eigenvalue weighted by Crippen LogP contribution is 2.70. The van der Waals surface area contributed by atoms with Gasteiger partial charge in [0.1, 0.15) is 18.8 Å². The number of halogens is 2. The smallest absolute Gasteiger partial charge is 0.362 e. The predicted octanol–water partition coefficient (Wildman–Crippen LogP) is -2.90. The standard InChI is InChI=1S/C33H54N2O7.2BrH/c1-31-13-11-23(41-28(37)18-34(3,4)5)16-22(31)9-10-25-24(31)12-14-32(2)30(21-15-27(36)40-20-21)26(17-33(25,32)39)42-29(38)19-35(6,7)8;;/h15,22-26,30,39H,9-14,16-20H2,1-8H3;2*1H/q+2;;/p-2. The number of carbonyl (C=O) groups is 3. The molecule has 0 bridgehead atoms. The summed E-state index contributed by atoms with van der Waals surface area (Å²) in [5, 5.41) is 12.8. The number of carbonyl (C=O) groups excluding carboxylic acids is 3. The maximum absolute atomic E-state index is 13.1. The monoisotopic (exact) mass is 748 g/mol. The molecule has 4 aliphatic carbocycles. The summed E-state index contributed by atoms with van der Waals surface area (Å²) in [7, 11) is 11.9. The minimum atomic E-state index is -1.02. The molecule has 4 fully saturated rings. The fourth-order valence-electron chi connectivity index (χ4n) is 9.84. The van der Waals surface area contributed by atoms with Gasteiger partial charge in [-0.2, -0.15) is 0 Å². The lowest BCUT2D eigenvalue weighted by Gasteiger charge is -2.63. The number of hydrogen-bond acceptors (Lipinski definition) is 7. The Hall–Kier alpha value is -1.01. The lowest BCUT2D eigenvalue weighted by atomic mass is 9.43. The first-order chi connectivity index (χ1) is 19.3. The predicted molar refractivity (Wildman–Crippen MR) is 157 cm³/mol. The molecule has 0 radical (unpaired) electrons. The van der Waals surface area contributed by atoms with Crippen molar-refractivity contribution < 1.29 is 76.6 Å². The normalized spacial score (nSPS) is 39.8. The highest BCUT2D eigenvalue weighted by molar-refractivity contribution is 5.85. The van der Waals surface area contributed by atoms with Crippen molar-refractivity contribution in [2.24, 2.45) is 34.5 Å². The zero-order valence-electron chi connectivity index (χ0n) is 27.9. The third kappa shape index (κ3) is 6.97. The van der Waals surface area contributed by atoms with Gasteiger partial charge < -0.3 is 62.2 Å². The van der Waals surface area contributed by atoms with E-state index in [2.05, 4.69) is 13.8 Å². The molecule has 1 heterocycles. The van der Waals surface area contributed by atoms with Crippen LogP contribution in [0.3, 0.4) is 0 Å². The van der Waals surface area contributed by atoms with Crippen molar-refractivity contribution in [3.8, 4) is 0 Å². The van der Waals surface area contributed by atoms with Crippen LogP contribution in [-0.4, -0.2) is 112 Å². The minimum Gasteiger partial charge on any atom is -1.00 e. The molecule has 5 aliphatic rings. The molecule has 9 unspecified atom stereocenters. The van der Waals surface area contributed by atoms with Gasteiger partial charge in [0.05, 0.1) is 47.9 Å². The summed E-state index contributed by atoms with van der Waals surface area (Å²) in [5.41, 5.74) is -0.647. The Morgan fingerprint density at radius 2 is 1.52 bits per heavy atom. The Morgan fingerprint density at radius 3 is 2.09 bits per heavy atom. The van der Waals surface area contributed by atoms with E-state index >= 15 is 0 Å². The van der Waals surface area contributed by atoms with Crippen LogP contribution in [-0.2, 0) is 28.6 Å². The van der Waals surface area contributed by atoms with E-state index in [4.69, 9.17) is 14.2 Å². The Morgan fingerprint density at radius 1 is 0.909 bits per heavy atom. The molecule has 9 nitrogen and oxygen atoms in total. The second-order valence-electron chi connectivity index (χ2n) is 16.7. The number of ether oxygens (including phenoxy) is 3. The molecule has 1 N–H and O–H groups in total. The molecular formula is C33H54Br2N2O7. The van der Waals surface area contributed by atoms with E-state index in [1.807, 2.05) is 42.3 Å². The van der Waals surface area contributed by atoms with Gasteiger partial charge in [-0.15, -0.1) is 0 Å². The van der Waals surface area contributed by atoms with E-state index in [0.29, 0.717) is 33.8 Å². The number of esters is 3. The quantitative estimate of drug-likeness (QED) is 0.170. The van der Waals surface area contributed by atoms with Crippen molar-refractivity contribution in [3.63, 3.8) is 0 Å². The van der Waals surface area contributed by atoms with Crippen LogP contribution < -0.4 is 34.0 Å². The minimum absolute atomic E-state index is 0. The van der Waals surface area contributed by atoms with Crippen molar-refractivity contribution in [1.82, 2.24) is 0 Å². The molecule has 9 atom stereocenters. The Balaban J connectivity index is 0.00000264. The van der Waals surface area contributed by atoms with Gasteiger partial charge in [-0.05, 0) is 73.7 Å². The number of likely N-dealkylation sites (N-methyl/N-ethyl adjacent to an activating group) is 2. The third-order valence-corrected chi connectivity index (χ3v) is 11.7. The fraction of sp³-hybridized carbons (Fsp3) is 0.848. The van der Waals surface area contributed by atoms with Crippen LogP contribution in [0.1, 0.15) is 65.2 Å². The molecule has 1 aliphatic heterocycles. The van der Waals surface area contributed by atoms with E-state index in [0.717, 1.165) is 50.5 Å². The average molecular weight is 751 g/mol. The number of nitrogens with zero attached hydrogens (tertiary/aromatic N) is 2. The van der Waals surface area contributed by atoms with Crippen molar-refractivity contribution in [2.75, 3.05) is 62.0 Å². The summed E-state index contributed by atoms with van der Waals surface area (Å²) in [6.45, 7) is 5.36. The van der Waals surface area contributed by atoms with Crippen molar-refractivity contribution in [3.05, 3.63) is 11.6 Å². The van der Waals surface area contributed by atoms with Gasteiger partial charge in [-0.3, -0.25) is 0 Å². The maximum atomic E-state index is 13.1. The molecule has 0 aromatic heterocycles. The van der Waals surface area contributed by atoms with Crippen LogP contribution in [0, 0.1) is 34.5 Å². The first-order valence-corrected chi connectivity index (χ1v) is 15.9. The Labute approximate surface area is 284 Å². The number of rotatable bonds is 7. The molecule has 0 amide bonds. The molecular weight excluding hydrogens is 696 g/mol. The average Bonchev–Trinajstić information content (AvgIpc) is 3.34. The lowest BCUT2D eigenvalue weighted by Crippen LogP contribution is -3.00. The SMILES string of the molecule is CC12CCC(OC(=O)C[N+](C)(C)C)CC1CCC1C2CCC2(C)C(C3=CC(=O)OC3)C(OC(=O)C[N+](C)(C)C)CC12O.[Br-].[Br-]. The second kappa shape index (κ2) is 12.9. The van der Waals surface area contributed by atoms with Crippen molar-refractivity contribution in [1.29, 1.82) is 0 Å². The number of cyclic esters (lactones) is 1. The van der Waals surface area contributed by atoms with Gasteiger partial charge in [-0.25, -0.2) is 14.4 Å². The van der Waals surface area contributed by atoms with E-state index in [1.54, 1.807) is 6.08 Å². The van der Waals surface area contributed by atoms with Gasteiger partial charge in [0, 0.05) is 23.8 Å². The summed E-state index contributed by atoms with van der Waals surface area (Å²) in [6, 6.07) is 0. The molecule has 0 spiro atoms. The number of hydrogen-bond donors (Lipinski definition) is 1. The highest BCUT2D eigenvalue weighted by Gasteiger charge is 2.71. The third-order valence-electron chi connectivity index (χ3n) is 11.7. The van der Waals surface area contributed by atoms with Gasteiger partial charge in [0.2, 0.25) is 0 Å². The van der Waals surface area contributed by atoms with Gasteiger partial charge in [0.15, 0.2) is 13.1 Å². The Bertz CT molecular complexity index is 1150. The molecule has 5 rings (SSSR count). The summed E-state index contributed by atoms with van der Waals surface area (Å²) in [5.74, 6) is -0.152. The van der Waals surface area contributed by atoms with E-state index in [-0.39, 0.29) is 88.4 Å². The molecule has 0 aromatic rings. The zero-order valence-corrected chi connectivity index (χ0v) is 31.0. The largest absolute Gasteiger partial charge is 1.00 e. The van der Waals surface area contributed by atoms with Crippen LogP contribution in [0.15, 0.2) is 11.6 Å². The van der Waals surface area contributed by atoms with Crippen molar-refractivity contribution in [2.45, 2.75) is 83.0 Å². The molecule has 11 heteroatoms. The zero-order chi connectivity index (χ0) is 30.9. The van der Waals surface area contributed by atoms with E-state index < -0.39 is 17.1 Å². The van der Waals surface area contributed by atoms with Crippen LogP contribution >= 0.6 is 0 Å². The van der Waals surface area contributed by atoms with E-state index in [1.165, 1.54) is 0 Å². The number of aliphatic hydroxyl groups is 1. The number of quaternary nitrogens is 2. The Kier molecular flexibility index (Phi) is 11.0. The number of fused-ring (bicyclic) bond motifs is 5. The fourth-order valence-corrected chi connectivity index (χ4v) is 9.84. The van der Waals surface area contributed by atoms with Crippen molar-refractivity contribution >= 4 is 17.9 Å². The summed E-state index contributed by atoms with van der Waals surface area (Å²) in [6.07, 6.45) is 7.81. The van der Waals surface area contributed by atoms with Gasteiger partial charge in [0.25, 0.3) is 0 Å².